The molecule has 3 rings (SSSR count). The first-order valence-corrected chi connectivity index (χ1v) is 8.78. The molecule has 2 N–H and O–H groups in total. The number of nitrogens with zero attached hydrogens (tertiary/aromatic N) is 3. The number of hydrogen-bond acceptors (Lipinski definition) is 4. The molecule has 1 aliphatic carbocycles. The summed E-state index contributed by atoms with van der Waals surface area (Å²) in [5, 5.41) is 13.0. The highest BCUT2D eigenvalue weighted by Crippen LogP contribution is 2.41. The number of fused-ring (bicyclic) bond motifs is 1. The molecule has 148 valence electrons. The first-order chi connectivity index (χ1) is 12.3. The van der Waals surface area contributed by atoms with Gasteiger partial charge in [-0.05, 0) is 58.6 Å². The van der Waals surface area contributed by atoms with Crippen LogP contribution in [0.15, 0.2) is 12.1 Å². The van der Waals surface area contributed by atoms with E-state index in [-0.39, 0.29) is 29.5 Å². The number of aliphatic hydroxyl groups is 1. The normalized spacial score (nSPS) is 17.8. The van der Waals surface area contributed by atoms with E-state index in [1.807, 2.05) is 0 Å². The maximum Gasteiger partial charge on any atom is 0.433 e. The van der Waals surface area contributed by atoms with Gasteiger partial charge in [-0.1, -0.05) is 0 Å². The third kappa shape index (κ3) is 4.07. The Morgan fingerprint density at radius 1 is 1.22 bits per heavy atom. The number of carbonyl (C=O) groups excluding carboxylic acids is 1. The van der Waals surface area contributed by atoms with Crippen molar-refractivity contribution in [2.75, 3.05) is 5.32 Å². The van der Waals surface area contributed by atoms with Crippen molar-refractivity contribution < 1.29 is 23.1 Å². The zero-order valence-electron chi connectivity index (χ0n) is 15.7. The van der Waals surface area contributed by atoms with Gasteiger partial charge in [0.1, 0.15) is 11.2 Å². The Morgan fingerprint density at radius 2 is 1.85 bits per heavy atom. The number of alkyl halides is 3. The van der Waals surface area contributed by atoms with Crippen LogP contribution in [0.2, 0.25) is 0 Å². The molecule has 1 unspecified atom stereocenters. The predicted molar refractivity (Wildman–Crippen MR) is 94.1 cm³/mol. The number of aromatic nitrogens is 3. The van der Waals surface area contributed by atoms with E-state index < -0.39 is 28.9 Å². The Morgan fingerprint density at radius 3 is 2.37 bits per heavy atom. The summed E-state index contributed by atoms with van der Waals surface area (Å²) in [5.41, 5.74) is -2.50. The van der Waals surface area contributed by atoms with Crippen LogP contribution in [-0.4, -0.2) is 31.1 Å². The van der Waals surface area contributed by atoms with Gasteiger partial charge in [0.05, 0.1) is 12.0 Å². The predicted octanol–water partition coefficient (Wildman–Crippen LogP) is 3.69. The summed E-state index contributed by atoms with van der Waals surface area (Å²) in [4.78, 5) is 20.4. The van der Waals surface area contributed by atoms with E-state index >= 15 is 0 Å². The highest BCUT2D eigenvalue weighted by atomic mass is 19.4. The average molecular weight is 384 g/mol. The molecular weight excluding hydrogens is 361 g/mol. The van der Waals surface area contributed by atoms with E-state index in [1.54, 1.807) is 27.7 Å². The number of halogens is 3. The third-order valence-electron chi connectivity index (χ3n) is 4.69. The van der Waals surface area contributed by atoms with Crippen LogP contribution in [0.3, 0.4) is 0 Å². The number of hydrogen-bond donors (Lipinski definition) is 2. The molecule has 2 aromatic heterocycles. The van der Waals surface area contributed by atoms with Gasteiger partial charge in [-0.25, -0.2) is 9.97 Å². The number of pyridine rings is 1. The number of imidazole rings is 1. The van der Waals surface area contributed by atoms with Crippen molar-refractivity contribution in [3.8, 4) is 0 Å². The smallest absolute Gasteiger partial charge is 0.389 e. The Hall–Kier alpha value is -2.16. The molecule has 1 atom stereocenters. The monoisotopic (exact) mass is 384 g/mol. The summed E-state index contributed by atoms with van der Waals surface area (Å²) in [6, 6.07) is 2.11. The van der Waals surface area contributed by atoms with Crippen molar-refractivity contribution in [3.63, 3.8) is 0 Å². The quantitative estimate of drug-likeness (QED) is 0.843. The van der Waals surface area contributed by atoms with Crippen molar-refractivity contribution in [1.29, 1.82) is 0 Å². The molecule has 6 nitrogen and oxygen atoms in total. The zero-order valence-corrected chi connectivity index (χ0v) is 15.7. The van der Waals surface area contributed by atoms with Crippen LogP contribution >= 0.6 is 0 Å². The van der Waals surface area contributed by atoms with Gasteiger partial charge < -0.3 is 5.11 Å². The van der Waals surface area contributed by atoms with Crippen LogP contribution in [-0.2, 0) is 16.5 Å². The molecule has 2 heterocycles. The third-order valence-corrected chi connectivity index (χ3v) is 4.69. The molecule has 2 aromatic rings. The van der Waals surface area contributed by atoms with Gasteiger partial charge in [-0.3, -0.25) is 14.7 Å². The number of amides is 1. The highest BCUT2D eigenvalue weighted by molar-refractivity contribution is 5.91. The topological polar surface area (TPSA) is 80.0 Å². The van der Waals surface area contributed by atoms with Crippen LogP contribution in [0.25, 0.3) is 11.2 Å². The summed E-state index contributed by atoms with van der Waals surface area (Å²) in [6.07, 6.45) is -2.92. The van der Waals surface area contributed by atoms with Crippen molar-refractivity contribution in [3.05, 3.63) is 17.8 Å². The lowest BCUT2D eigenvalue weighted by molar-refractivity contribution is -0.141. The van der Waals surface area contributed by atoms with Crippen LogP contribution in [0, 0.1) is 5.92 Å². The second-order valence-electron chi connectivity index (χ2n) is 8.34. The van der Waals surface area contributed by atoms with E-state index in [9.17, 15) is 23.1 Å². The maximum atomic E-state index is 13.0. The van der Waals surface area contributed by atoms with Crippen molar-refractivity contribution in [2.45, 2.75) is 64.3 Å². The van der Waals surface area contributed by atoms with Crippen LogP contribution in [0.5, 0.6) is 0 Å². The highest BCUT2D eigenvalue weighted by Gasteiger charge is 2.41. The second-order valence-corrected chi connectivity index (χ2v) is 8.34. The molecule has 9 heteroatoms. The lowest BCUT2D eigenvalue weighted by atomic mass is 9.96. The van der Waals surface area contributed by atoms with E-state index in [2.05, 4.69) is 15.3 Å². The summed E-state index contributed by atoms with van der Waals surface area (Å²) < 4.78 is 40.6. The molecule has 0 saturated heterocycles. The molecule has 0 aromatic carbocycles. The SMILES string of the molecule is CC(O)(CC(=O)Nc1nc2ccc(C(F)(F)F)nc2n1C(C)(C)C)C1CC1. The van der Waals surface area contributed by atoms with E-state index in [0.717, 1.165) is 18.9 Å². The van der Waals surface area contributed by atoms with Crippen molar-refractivity contribution in [2.24, 2.45) is 5.92 Å². The molecule has 27 heavy (non-hydrogen) atoms. The molecule has 0 radical (unpaired) electrons. The fourth-order valence-electron chi connectivity index (χ4n) is 3.18. The maximum absolute atomic E-state index is 13.0. The average Bonchev–Trinajstić information content (AvgIpc) is 3.26. The molecular formula is C18H23F3N4O2. The zero-order chi connectivity index (χ0) is 20.2. The fraction of sp³-hybridized carbons (Fsp3) is 0.611. The first-order valence-electron chi connectivity index (χ1n) is 8.78. The Balaban J connectivity index is 1.98. The number of carbonyl (C=O) groups is 1. The van der Waals surface area contributed by atoms with Crippen LogP contribution in [0.1, 0.15) is 52.7 Å². The van der Waals surface area contributed by atoms with Gasteiger partial charge in [0.2, 0.25) is 11.9 Å². The van der Waals surface area contributed by atoms with Crippen LogP contribution in [0.4, 0.5) is 19.1 Å². The number of rotatable bonds is 4. The minimum Gasteiger partial charge on any atom is -0.389 e. The second kappa shape index (κ2) is 6.19. The molecule has 0 bridgehead atoms. The van der Waals surface area contributed by atoms with E-state index in [1.165, 1.54) is 10.6 Å². The van der Waals surface area contributed by atoms with Crippen molar-refractivity contribution in [1.82, 2.24) is 14.5 Å². The number of nitrogens with one attached hydrogen (secondary N) is 1. The summed E-state index contributed by atoms with van der Waals surface area (Å²) >= 11 is 0. The minimum atomic E-state index is -4.58. The Labute approximate surface area is 154 Å². The van der Waals surface area contributed by atoms with Gasteiger partial charge in [-0.15, -0.1) is 0 Å². The standard InChI is InChI=1S/C18H23F3N4O2/c1-16(2,3)25-14-11(7-8-12(23-14)18(19,20)21)22-15(25)24-13(26)9-17(4,27)10-5-6-10/h7-8,10,27H,5-6,9H2,1-4H3,(H,22,24,26). The molecule has 1 aliphatic rings. The van der Waals surface area contributed by atoms with Gasteiger partial charge in [0.15, 0.2) is 5.65 Å². The molecule has 1 fully saturated rings. The van der Waals surface area contributed by atoms with Crippen molar-refractivity contribution >= 4 is 23.0 Å². The summed E-state index contributed by atoms with van der Waals surface area (Å²) in [6.45, 7) is 6.97. The fourth-order valence-corrected chi connectivity index (χ4v) is 3.18. The van der Waals surface area contributed by atoms with Gasteiger partial charge in [0, 0.05) is 5.54 Å². The lowest BCUT2D eigenvalue weighted by Crippen LogP contribution is -2.34. The van der Waals surface area contributed by atoms with Gasteiger partial charge >= 0.3 is 6.18 Å². The lowest BCUT2D eigenvalue weighted by Gasteiger charge is -2.25. The van der Waals surface area contributed by atoms with E-state index in [4.69, 9.17) is 0 Å². The molecule has 0 aliphatic heterocycles. The largest absolute Gasteiger partial charge is 0.433 e. The Bertz CT molecular complexity index is 877. The first kappa shape index (κ1) is 19.6. The van der Waals surface area contributed by atoms with Gasteiger partial charge in [-0.2, -0.15) is 13.2 Å². The number of anilines is 1. The van der Waals surface area contributed by atoms with Crippen LogP contribution < -0.4 is 5.32 Å². The van der Waals surface area contributed by atoms with E-state index in [0.29, 0.717) is 0 Å². The summed E-state index contributed by atoms with van der Waals surface area (Å²) in [7, 11) is 0. The minimum absolute atomic E-state index is 0.0431. The molecule has 1 amide bonds. The summed E-state index contributed by atoms with van der Waals surface area (Å²) in [5.74, 6) is -0.231. The Kier molecular flexibility index (Phi) is 4.49. The molecule has 0 spiro atoms. The molecule has 1 saturated carbocycles. The van der Waals surface area contributed by atoms with Gasteiger partial charge in [0.25, 0.3) is 0 Å².